The summed E-state index contributed by atoms with van der Waals surface area (Å²) in [5, 5.41) is 18.0. The van der Waals surface area contributed by atoms with E-state index in [9.17, 15) is 19.2 Å². The van der Waals surface area contributed by atoms with Crippen molar-refractivity contribution >= 4 is 23.3 Å². The number of rotatable bonds is 14. The summed E-state index contributed by atoms with van der Waals surface area (Å²) < 4.78 is 16.5. The number of carbonyl (C=O) groups excluding carboxylic acids is 3. The van der Waals surface area contributed by atoms with Gasteiger partial charge in [0.25, 0.3) is 0 Å². The van der Waals surface area contributed by atoms with Crippen LogP contribution in [-0.2, 0) is 33.4 Å². The van der Waals surface area contributed by atoms with Crippen molar-refractivity contribution in [1.82, 2.24) is 0 Å². The molecule has 0 aliphatic heterocycles. The Balaban J connectivity index is 5.34. The molecule has 0 aromatic rings. The van der Waals surface area contributed by atoms with Gasteiger partial charge in [0.05, 0.1) is 5.60 Å². The van der Waals surface area contributed by atoms with Crippen LogP contribution in [0.2, 0.25) is 0 Å². The van der Waals surface area contributed by atoms with E-state index in [-0.39, 0.29) is 0 Å². The Labute approximate surface area is 183 Å². The molecular formula is C21H37NO9. The average molecular weight is 448 g/mol. The standard InChI is InChI=1S/C21H37NO9/c1-12(16(26)19(5,6)30-13(2)17(27)28)31-20(7,8)21(9,22)15(25)11-29-18(3,4)14(24)10-23/h12-13,23H,10-11,22H2,1-9H3,(H,27,28). The second-order valence-electron chi connectivity index (χ2n) is 9.25. The van der Waals surface area contributed by atoms with E-state index in [2.05, 4.69) is 0 Å². The quantitative estimate of drug-likeness (QED) is 0.344. The molecule has 0 aliphatic carbocycles. The molecule has 0 rings (SSSR count). The molecule has 31 heavy (non-hydrogen) atoms. The molecule has 10 nitrogen and oxygen atoms in total. The smallest absolute Gasteiger partial charge is 0.332 e. The van der Waals surface area contributed by atoms with Gasteiger partial charge in [-0.15, -0.1) is 0 Å². The first-order valence-corrected chi connectivity index (χ1v) is 9.96. The molecule has 0 heterocycles. The summed E-state index contributed by atoms with van der Waals surface area (Å²) in [6.45, 7) is 11.7. The van der Waals surface area contributed by atoms with E-state index in [1.165, 1.54) is 62.3 Å². The van der Waals surface area contributed by atoms with Crippen LogP contribution in [-0.4, -0.2) is 81.3 Å². The molecule has 0 fully saturated rings. The minimum Gasteiger partial charge on any atom is -0.479 e. The number of hydrogen-bond donors (Lipinski definition) is 3. The van der Waals surface area contributed by atoms with E-state index >= 15 is 0 Å². The molecular weight excluding hydrogens is 410 g/mol. The number of carboxylic acid groups (broad SMARTS) is 1. The zero-order chi connectivity index (χ0) is 25.0. The number of ether oxygens (including phenoxy) is 3. The Kier molecular flexibility index (Phi) is 9.70. The highest BCUT2D eigenvalue weighted by atomic mass is 16.5. The third-order valence-electron chi connectivity index (χ3n) is 5.46. The SMILES string of the molecule is CC(OC(C)(C)C(=O)C(C)OC(C)(C)C(C)(N)C(=O)COC(C)(C)C(=O)CO)C(=O)O. The maximum Gasteiger partial charge on any atom is 0.332 e. The van der Waals surface area contributed by atoms with Crippen molar-refractivity contribution < 1.29 is 43.6 Å². The van der Waals surface area contributed by atoms with Gasteiger partial charge in [0.2, 0.25) is 0 Å². The van der Waals surface area contributed by atoms with Crippen LogP contribution in [0.3, 0.4) is 0 Å². The lowest BCUT2D eigenvalue weighted by Gasteiger charge is -2.42. The Morgan fingerprint density at radius 1 is 0.839 bits per heavy atom. The van der Waals surface area contributed by atoms with Gasteiger partial charge in [0, 0.05) is 0 Å². The number of aliphatic carboxylic acids is 1. The summed E-state index contributed by atoms with van der Waals surface area (Å²) in [4.78, 5) is 48.3. The van der Waals surface area contributed by atoms with Crippen LogP contribution < -0.4 is 5.73 Å². The first-order valence-electron chi connectivity index (χ1n) is 9.96. The van der Waals surface area contributed by atoms with E-state index in [1.54, 1.807) is 0 Å². The van der Waals surface area contributed by atoms with Gasteiger partial charge in [-0.05, 0) is 62.3 Å². The lowest BCUT2D eigenvalue weighted by Crippen LogP contribution is -2.64. The van der Waals surface area contributed by atoms with Crippen LogP contribution in [0.1, 0.15) is 62.3 Å². The molecule has 0 radical (unpaired) electrons. The van der Waals surface area contributed by atoms with Crippen molar-refractivity contribution in [3.63, 3.8) is 0 Å². The molecule has 0 aromatic carbocycles. The second-order valence-corrected chi connectivity index (χ2v) is 9.25. The van der Waals surface area contributed by atoms with Crippen molar-refractivity contribution in [2.24, 2.45) is 5.73 Å². The molecule has 180 valence electrons. The van der Waals surface area contributed by atoms with Crippen molar-refractivity contribution in [2.75, 3.05) is 13.2 Å². The van der Waals surface area contributed by atoms with E-state index < -0.39 is 71.1 Å². The summed E-state index contributed by atoms with van der Waals surface area (Å²) in [6, 6.07) is 0. The van der Waals surface area contributed by atoms with Crippen LogP contribution in [0.25, 0.3) is 0 Å². The fourth-order valence-corrected chi connectivity index (χ4v) is 2.66. The number of carbonyl (C=O) groups is 4. The van der Waals surface area contributed by atoms with Gasteiger partial charge in [-0.3, -0.25) is 14.4 Å². The molecule has 3 unspecified atom stereocenters. The predicted molar refractivity (Wildman–Crippen MR) is 112 cm³/mol. The zero-order valence-corrected chi connectivity index (χ0v) is 19.9. The molecule has 4 N–H and O–H groups in total. The minimum atomic E-state index is -1.61. The van der Waals surface area contributed by atoms with Crippen molar-refractivity contribution in [1.29, 1.82) is 0 Å². The van der Waals surface area contributed by atoms with Gasteiger partial charge in [0.15, 0.2) is 23.5 Å². The Hall–Kier alpha value is -1.72. The van der Waals surface area contributed by atoms with Crippen molar-refractivity contribution in [3.05, 3.63) is 0 Å². The minimum absolute atomic E-state index is 0.508. The maximum atomic E-state index is 12.8. The van der Waals surface area contributed by atoms with E-state index in [4.69, 9.17) is 30.2 Å². The molecule has 0 aliphatic rings. The Morgan fingerprint density at radius 3 is 1.74 bits per heavy atom. The van der Waals surface area contributed by atoms with Gasteiger partial charge in [-0.1, -0.05) is 0 Å². The first kappa shape index (κ1) is 29.3. The van der Waals surface area contributed by atoms with E-state index in [0.717, 1.165) is 0 Å². The number of carboxylic acids is 1. The highest BCUT2D eigenvalue weighted by molar-refractivity contribution is 5.92. The van der Waals surface area contributed by atoms with Gasteiger partial charge in [-0.25, -0.2) is 4.79 Å². The third-order valence-corrected chi connectivity index (χ3v) is 5.46. The number of aliphatic hydroxyl groups is 1. The molecule has 0 saturated carbocycles. The summed E-state index contributed by atoms with van der Waals surface area (Å²) in [5.74, 6) is -2.90. The van der Waals surface area contributed by atoms with Gasteiger partial charge in [-0.2, -0.15) is 0 Å². The third kappa shape index (κ3) is 7.43. The lowest BCUT2D eigenvalue weighted by atomic mass is 9.80. The predicted octanol–water partition coefficient (Wildman–Crippen LogP) is 0.651. The lowest BCUT2D eigenvalue weighted by molar-refractivity contribution is -0.180. The number of aliphatic hydroxyl groups excluding tert-OH is 1. The highest BCUT2D eigenvalue weighted by Crippen LogP contribution is 2.29. The van der Waals surface area contributed by atoms with Crippen LogP contribution in [0.4, 0.5) is 0 Å². The van der Waals surface area contributed by atoms with Gasteiger partial charge >= 0.3 is 5.97 Å². The van der Waals surface area contributed by atoms with Crippen LogP contribution >= 0.6 is 0 Å². The average Bonchev–Trinajstić information content (AvgIpc) is 2.63. The number of ketones is 3. The fourth-order valence-electron chi connectivity index (χ4n) is 2.66. The molecule has 10 heteroatoms. The molecule has 3 atom stereocenters. The number of nitrogens with two attached hydrogens (primary N) is 1. The molecule has 0 saturated heterocycles. The van der Waals surface area contributed by atoms with Crippen LogP contribution in [0.5, 0.6) is 0 Å². The summed E-state index contributed by atoms with van der Waals surface area (Å²) in [5.41, 5.74) is 0.452. The summed E-state index contributed by atoms with van der Waals surface area (Å²) >= 11 is 0. The summed E-state index contributed by atoms with van der Waals surface area (Å²) in [7, 11) is 0. The van der Waals surface area contributed by atoms with Crippen LogP contribution in [0, 0.1) is 0 Å². The Bertz CT molecular complexity index is 695. The van der Waals surface area contributed by atoms with Gasteiger partial charge < -0.3 is 30.2 Å². The largest absolute Gasteiger partial charge is 0.479 e. The monoisotopic (exact) mass is 447 g/mol. The van der Waals surface area contributed by atoms with Gasteiger partial charge in [0.1, 0.15) is 36.1 Å². The normalized spacial score (nSPS) is 16.9. The second kappa shape index (κ2) is 10.3. The molecule has 0 spiro atoms. The van der Waals surface area contributed by atoms with E-state index in [0.29, 0.717) is 0 Å². The van der Waals surface area contributed by atoms with Crippen molar-refractivity contribution in [3.8, 4) is 0 Å². The van der Waals surface area contributed by atoms with E-state index in [1.807, 2.05) is 0 Å². The van der Waals surface area contributed by atoms with Crippen LogP contribution in [0.15, 0.2) is 0 Å². The molecule has 0 bridgehead atoms. The fraction of sp³-hybridized carbons (Fsp3) is 0.810. The zero-order valence-electron chi connectivity index (χ0n) is 19.9. The maximum absolute atomic E-state index is 12.8. The first-order chi connectivity index (χ1) is 13.7. The summed E-state index contributed by atoms with van der Waals surface area (Å²) in [6.07, 6.45) is -2.28. The highest BCUT2D eigenvalue weighted by Gasteiger charge is 2.48. The molecule has 0 aromatic heterocycles. The number of hydrogen-bond acceptors (Lipinski definition) is 9. The topological polar surface area (TPSA) is 162 Å². The Morgan fingerprint density at radius 2 is 1.32 bits per heavy atom. The number of Topliss-reactive ketones (excluding diaryl/α,β-unsaturated/α-hetero) is 3. The molecule has 0 amide bonds. The van der Waals surface area contributed by atoms with Crippen molar-refractivity contribution in [2.45, 2.75) is 96.9 Å².